The fourth-order valence-corrected chi connectivity index (χ4v) is 1.26. The average Bonchev–Trinajstić information content (AvgIpc) is 2.17. The summed E-state index contributed by atoms with van der Waals surface area (Å²) in [7, 11) is 0. The summed E-state index contributed by atoms with van der Waals surface area (Å²) in [6.07, 6.45) is -9.34. The summed E-state index contributed by atoms with van der Waals surface area (Å²) >= 11 is 0. The number of carbonyl (C=O) groups is 1. The van der Waals surface area contributed by atoms with E-state index in [-0.39, 0.29) is 6.07 Å². The van der Waals surface area contributed by atoms with Crippen LogP contribution in [0.2, 0.25) is 0 Å². The van der Waals surface area contributed by atoms with Crippen molar-refractivity contribution in [1.29, 1.82) is 0 Å². The van der Waals surface area contributed by atoms with Gasteiger partial charge in [0.1, 0.15) is 5.69 Å². The van der Waals surface area contributed by atoms with Crippen molar-refractivity contribution in [2.45, 2.75) is 19.0 Å². The van der Waals surface area contributed by atoms with Crippen molar-refractivity contribution in [1.82, 2.24) is 4.98 Å². The predicted molar refractivity (Wildman–Crippen MR) is 49.9 cm³/mol. The molecule has 100 valence electrons. The summed E-state index contributed by atoms with van der Waals surface area (Å²) < 4.78 is 62.2. The van der Waals surface area contributed by atoms with E-state index in [2.05, 4.69) is 4.98 Å². The topological polar surface area (TPSA) is 76.2 Å². The van der Waals surface area contributed by atoms with Crippen molar-refractivity contribution in [2.24, 2.45) is 0 Å². The van der Waals surface area contributed by atoms with E-state index in [1.165, 1.54) is 0 Å². The number of carboxylic acid groups (broad SMARTS) is 1. The number of alkyl halides is 5. The number of pyridine rings is 1. The van der Waals surface area contributed by atoms with Gasteiger partial charge in [-0.2, -0.15) is 13.2 Å². The van der Waals surface area contributed by atoms with Gasteiger partial charge >= 0.3 is 12.1 Å². The molecule has 0 saturated carbocycles. The van der Waals surface area contributed by atoms with E-state index in [4.69, 9.17) is 10.8 Å². The van der Waals surface area contributed by atoms with Gasteiger partial charge in [-0.15, -0.1) is 0 Å². The third kappa shape index (κ3) is 3.05. The molecule has 9 heteroatoms. The third-order valence-electron chi connectivity index (χ3n) is 2.00. The number of hydrogen-bond donors (Lipinski definition) is 2. The van der Waals surface area contributed by atoms with Crippen LogP contribution in [0.5, 0.6) is 0 Å². The molecule has 1 heterocycles. The Morgan fingerprint density at radius 1 is 1.44 bits per heavy atom. The van der Waals surface area contributed by atoms with Crippen molar-refractivity contribution in [3.63, 3.8) is 0 Å². The molecule has 3 N–H and O–H groups in total. The van der Waals surface area contributed by atoms with Gasteiger partial charge in [-0.1, -0.05) is 0 Å². The lowest BCUT2D eigenvalue weighted by Gasteiger charge is -2.14. The van der Waals surface area contributed by atoms with E-state index in [0.29, 0.717) is 0 Å². The van der Waals surface area contributed by atoms with Crippen LogP contribution in [-0.4, -0.2) is 16.1 Å². The minimum atomic E-state index is -5.03. The fraction of sp³-hybridized carbons (Fsp3) is 0.333. The second-order valence-electron chi connectivity index (χ2n) is 3.33. The quantitative estimate of drug-likeness (QED) is 0.826. The van der Waals surface area contributed by atoms with Gasteiger partial charge in [0.05, 0.1) is 23.4 Å². The zero-order valence-electron chi connectivity index (χ0n) is 8.63. The first-order chi connectivity index (χ1) is 8.12. The maximum atomic E-state index is 12.5. The maximum Gasteiger partial charge on any atom is 0.418 e. The van der Waals surface area contributed by atoms with Crippen LogP contribution in [0.25, 0.3) is 0 Å². The molecule has 0 unspecified atom stereocenters. The number of nitrogen functional groups attached to an aromatic ring is 1. The standard InChI is InChI=1S/C9H7F5N2O2/c10-8(11)7-3(9(12,13)14)1-4(15)5(16-7)2-6(17)18/h1,8H,2,15H2,(H,17,18). The van der Waals surface area contributed by atoms with E-state index in [1.807, 2.05) is 0 Å². The molecule has 18 heavy (non-hydrogen) atoms. The van der Waals surface area contributed by atoms with Crippen molar-refractivity contribution in [3.05, 3.63) is 23.0 Å². The lowest BCUT2D eigenvalue weighted by atomic mass is 10.1. The second kappa shape index (κ2) is 4.75. The minimum absolute atomic E-state index is 0.271. The van der Waals surface area contributed by atoms with Crippen LogP contribution in [-0.2, 0) is 17.4 Å². The van der Waals surface area contributed by atoms with Gasteiger partial charge in [-0.05, 0) is 6.07 Å². The smallest absolute Gasteiger partial charge is 0.418 e. The summed E-state index contributed by atoms with van der Waals surface area (Å²) in [5.41, 5.74) is 0.870. The molecule has 4 nitrogen and oxygen atoms in total. The molecule has 0 fully saturated rings. The molecule has 1 aromatic rings. The summed E-state index contributed by atoms with van der Waals surface area (Å²) in [5.74, 6) is -1.44. The molecule has 0 aromatic carbocycles. The number of hydrogen-bond acceptors (Lipinski definition) is 3. The third-order valence-corrected chi connectivity index (χ3v) is 2.00. The first-order valence-electron chi connectivity index (χ1n) is 4.49. The van der Waals surface area contributed by atoms with Crippen molar-refractivity contribution >= 4 is 11.7 Å². The summed E-state index contributed by atoms with van der Waals surface area (Å²) in [4.78, 5) is 13.4. The van der Waals surface area contributed by atoms with E-state index in [0.717, 1.165) is 0 Å². The normalized spacial score (nSPS) is 11.9. The molecule has 0 spiro atoms. The van der Waals surface area contributed by atoms with E-state index in [1.54, 1.807) is 0 Å². The molecule has 0 atom stereocenters. The van der Waals surface area contributed by atoms with Gasteiger partial charge in [0.25, 0.3) is 6.43 Å². The van der Waals surface area contributed by atoms with E-state index >= 15 is 0 Å². The molecular weight excluding hydrogens is 263 g/mol. The first kappa shape index (κ1) is 14.1. The number of anilines is 1. The second-order valence-corrected chi connectivity index (χ2v) is 3.33. The highest BCUT2D eigenvalue weighted by Gasteiger charge is 2.37. The highest BCUT2D eigenvalue weighted by atomic mass is 19.4. The zero-order chi connectivity index (χ0) is 14.1. The van der Waals surface area contributed by atoms with Gasteiger partial charge in [0.15, 0.2) is 0 Å². The number of carboxylic acids is 1. The molecule has 1 rings (SSSR count). The van der Waals surface area contributed by atoms with Gasteiger partial charge in [0.2, 0.25) is 0 Å². The van der Waals surface area contributed by atoms with Crippen LogP contribution in [0.15, 0.2) is 6.07 Å². The van der Waals surface area contributed by atoms with Crippen LogP contribution in [0.3, 0.4) is 0 Å². The van der Waals surface area contributed by atoms with Crippen molar-refractivity contribution < 1.29 is 31.9 Å². The summed E-state index contributed by atoms with van der Waals surface area (Å²) in [6, 6.07) is 0.271. The molecule has 0 amide bonds. The Hall–Kier alpha value is -1.93. The molecule has 0 saturated heterocycles. The lowest BCUT2D eigenvalue weighted by Crippen LogP contribution is -2.16. The molecule has 0 aliphatic heterocycles. The SMILES string of the molecule is Nc1cc(C(F)(F)F)c(C(F)F)nc1CC(=O)O. The largest absolute Gasteiger partial charge is 0.481 e. The molecule has 0 aliphatic carbocycles. The Labute approximate surface area is 97.2 Å². The molecule has 0 aliphatic rings. The molecular formula is C9H7F5N2O2. The summed E-state index contributed by atoms with van der Waals surface area (Å²) in [5, 5.41) is 8.44. The summed E-state index contributed by atoms with van der Waals surface area (Å²) in [6.45, 7) is 0. The van der Waals surface area contributed by atoms with E-state index in [9.17, 15) is 26.7 Å². The van der Waals surface area contributed by atoms with Crippen LogP contribution < -0.4 is 5.73 Å². The minimum Gasteiger partial charge on any atom is -0.481 e. The van der Waals surface area contributed by atoms with Gasteiger partial charge in [0, 0.05) is 0 Å². The Morgan fingerprint density at radius 2 is 2.00 bits per heavy atom. The van der Waals surface area contributed by atoms with Crippen LogP contribution in [0.4, 0.5) is 27.6 Å². The van der Waals surface area contributed by atoms with Gasteiger partial charge < -0.3 is 10.8 Å². The highest BCUT2D eigenvalue weighted by molar-refractivity contribution is 5.72. The van der Waals surface area contributed by atoms with Crippen molar-refractivity contribution in [2.75, 3.05) is 5.73 Å². The Balaban J connectivity index is 3.39. The number of rotatable bonds is 3. The van der Waals surface area contributed by atoms with Gasteiger partial charge in [-0.25, -0.2) is 13.8 Å². The average molecular weight is 270 g/mol. The fourth-order valence-electron chi connectivity index (χ4n) is 1.26. The number of nitrogens with two attached hydrogens (primary N) is 1. The Bertz CT molecular complexity index is 473. The lowest BCUT2D eigenvalue weighted by molar-refractivity contribution is -0.139. The number of halogens is 5. The van der Waals surface area contributed by atoms with Crippen LogP contribution >= 0.6 is 0 Å². The van der Waals surface area contributed by atoms with Crippen LogP contribution in [0.1, 0.15) is 23.4 Å². The van der Waals surface area contributed by atoms with Gasteiger partial charge in [-0.3, -0.25) is 4.79 Å². The molecule has 0 bridgehead atoms. The molecule has 1 aromatic heterocycles. The van der Waals surface area contributed by atoms with E-state index < -0.39 is 47.6 Å². The zero-order valence-corrected chi connectivity index (χ0v) is 8.63. The maximum absolute atomic E-state index is 12.5. The van der Waals surface area contributed by atoms with Crippen molar-refractivity contribution in [3.8, 4) is 0 Å². The monoisotopic (exact) mass is 270 g/mol. The number of nitrogens with zero attached hydrogens (tertiary/aromatic N) is 1. The Kier molecular flexibility index (Phi) is 3.73. The Morgan fingerprint density at radius 3 is 2.39 bits per heavy atom. The number of aliphatic carboxylic acids is 1. The first-order valence-corrected chi connectivity index (χ1v) is 4.49. The molecule has 0 radical (unpaired) electrons. The number of aromatic nitrogens is 1. The van der Waals surface area contributed by atoms with Crippen LogP contribution in [0, 0.1) is 0 Å². The highest BCUT2D eigenvalue weighted by Crippen LogP contribution is 2.37. The predicted octanol–water partition coefficient (Wildman–Crippen LogP) is 2.25.